The van der Waals surface area contributed by atoms with E-state index in [0.29, 0.717) is 5.56 Å². The van der Waals surface area contributed by atoms with Crippen LogP contribution in [0.1, 0.15) is 17.5 Å². The van der Waals surface area contributed by atoms with Gasteiger partial charge in [0.05, 0.1) is 4.90 Å². The first-order valence-corrected chi connectivity index (χ1v) is 10.4. The fourth-order valence-electron chi connectivity index (χ4n) is 4.05. The maximum Gasteiger partial charge on any atom is 0.267 e. The molecular formula is C22H19NO4S. The first-order chi connectivity index (χ1) is 13.3. The summed E-state index contributed by atoms with van der Waals surface area (Å²) in [5.41, 5.74) is 0.381. The largest absolute Gasteiger partial charge is 0.295 e. The standard InChI is InChI=1S/C22H19NO4S/c1-15-8-10-19(11-9-15)28(26,27)23-21(25)16(2)20-14-18(24)12-13-22(20,23)17-6-4-3-5-7-17/h3-13,20H,2,14H2,1H3/t20-,22-/m1/s1. The SMILES string of the molecule is C=C1C(=O)N(S(=O)(=O)c2ccc(C)cc2)[C@@]2(c3ccccc3)C=CC(=O)C[C@H]12. The summed E-state index contributed by atoms with van der Waals surface area (Å²) in [5, 5.41) is 0. The zero-order valence-electron chi connectivity index (χ0n) is 15.3. The maximum absolute atomic E-state index is 13.6. The summed E-state index contributed by atoms with van der Waals surface area (Å²) in [5.74, 6) is -1.46. The van der Waals surface area contributed by atoms with Gasteiger partial charge in [-0.1, -0.05) is 54.6 Å². The lowest BCUT2D eigenvalue weighted by atomic mass is 9.72. The Morgan fingerprint density at radius 3 is 2.32 bits per heavy atom. The predicted molar refractivity (Wildman–Crippen MR) is 105 cm³/mol. The van der Waals surface area contributed by atoms with Crippen LogP contribution in [-0.2, 0) is 25.2 Å². The van der Waals surface area contributed by atoms with Crippen LogP contribution in [-0.4, -0.2) is 24.4 Å². The molecule has 2 aromatic rings. The number of allylic oxidation sites excluding steroid dienone is 1. The molecule has 2 aliphatic rings. The van der Waals surface area contributed by atoms with E-state index in [1.54, 1.807) is 42.5 Å². The molecule has 0 saturated carbocycles. The average Bonchev–Trinajstić information content (AvgIpc) is 2.91. The number of amides is 1. The molecule has 6 heteroatoms. The van der Waals surface area contributed by atoms with Crippen LogP contribution in [0.3, 0.4) is 0 Å². The van der Waals surface area contributed by atoms with Gasteiger partial charge in [-0.25, -0.2) is 12.7 Å². The van der Waals surface area contributed by atoms with Crippen molar-refractivity contribution in [2.45, 2.75) is 23.8 Å². The quantitative estimate of drug-likeness (QED) is 0.751. The van der Waals surface area contributed by atoms with Crippen molar-refractivity contribution in [3.8, 4) is 0 Å². The molecule has 0 N–H and O–H groups in total. The zero-order chi connectivity index (χ0) is 20.1. The molecule has 5 nitrogen and oxygen atoms in total. The fraction of sp³-hybridized carbons (Fsp3) is 0.182. The van der Waals surface area contributed by atoms with Crippen molar-refractivity contribution in [2.24, 2.45) is 5.92 Å². The van der Waals surface area contributed by atoms with Crippen LogP contribution in [0.4, 0.5) is 0 Å². The zero-order valence-corrected chi connectivity index (χ0v) is 16.1. The topological polar surface area (TPSA) is 71.5 Å². The van der Waals surface area contributed by atoms with Gasteiger partial charge in [-0.2, -0.15) is 0 Å². The van der Waals surface area contributed by atoms with Gasteiger partial charge in [0.1, 0.15) is 5.54 Å². The van der Waals surface area contributed by atoms with Crippen molar-refractivity contribution >= 4 is 21.7 Å². The van der Waals surface area contributed by atoms with E-state index in [1.165, 1.54) is 18.2 Å². The second-order valence-electron chi connectivity index (χ2n) is 7.16. The van der Waals surface area contributed by atoms with Gasteiger partial charge in [0.15, 0.2) is 5.78 Å². The van der Waals surface area contributed by atoms with Crippen molar-refractivity contribution < 1.29 is 18.0 Å². The summed E-state index contributed by atoms with van der Waals surface area (Å²) in [7, 11) is -4.17. The molecule has 2 atom stereocenters. The Hall–Kier alpha value is -2.99. The molecule has 1 amide bonds. The molecule has 4 rings (SSSR count). The number of fused-ring (bicyclic) bond motifs is 1. The lowest BCUT2D eigenvalue weighted by molar-refractivity contribution is -0.123. The number of carbonyl (C=O) groups is 2. The normalized spacial score (nSPS) is 24.5. The van der Waals surface area contributed by atoms with Gasteiger partial charge in [-0.15, -0.1) is 0 Å². The molecule has 142 valence electrons. The van der Waals surface area contributed by atoms with Crippen molar-refractivity contribution in [3.63, 3.8) is 0 Å². The summed E-state index contributed by atoms with van der Waals surface area (Å²) in [6.07, 6.45) is 2.95. The van der Waals surface area contributed by atoms with Crippen molar-refractivity contribution in [3.05, 3.63) is 90.0 Å². The first kappa shape index (κ1) is 18.4. The number of hydrogen-bond donors (Lipinski definition) is 0. The van der Waals surface area contributed by atoms with E-state index in [1.807, 2.05) is 13.0 Å². The number of rotatable bonds is 3. The third kappa shape index (κ3) is 2.48. The number of benzene rings is 2. The molecule has 0 spiro atoms. The van der Waals surface area contributed by atoms with Crippen LogP contribution < -0.4 is 0 Å². The molecule has 28 heavy (non-hydrogen) atoms. The third-order valence-corrected chi connectivity index (χ3v) is 7.29. The van der Waals surface area contributed by atoms with Gasteiger partial charge in [-0.05, 0) is 36.8 Å². The van der Waals surface area contributed by atoms with Gasteiger partial charge in [0.25, 0.3) is 15.9 Å². The van der Waals surface area contributed by atoms with E-state index in [4.69, 9.17) is 0 Å². The average molecular weight is 393 g/mol. The molecule has 0 aromatic heterocycles. The highest BCUT2D eigenvalue weighted by atomic mass is 32.2. The monoisotopic (exact) mass is 393 g/mol. The van der Waals surface area contributed by atoms with Gasteiger partial charge >= 0.3 is 0 Å². The Bertz CT molecular complexity index is 1120. The Kier molecular flexibility index (Phi) is 4.12. The minimum Gasteiger partial charge on any atom is -0.295 e. The van der Waals surface area contributed by atoms with E-state index < -0.39 is 27.4 Å². The molecule has 1 heterocycles. The van der Waals surface area contributed by atoms with Crippen molar-refractivity contribution in [1.82, 2.24) is 4.31 Å². The van der Waals surface area contributed by atoms with Crippen LogP contribution in [0.25, 0.3) is 0 Å². The molecule has 1 fully saturated rings. The molecule has 1 aliphatic carbocycles. The van der Waals surface area contributed by atoms with Gasteiger partial charge in [0.2, 0.25) is 0 Å². The van der Waals surface area contributed by atoms with Crippen molar-refractivity contribution in [2.75, 3.05) is 0 Å². The van der Waals surface area contributed by atoms with Crippen LogP contribution in [0, 0.1) is 12.8 Å². The first-order valence-electron chi connectivity index (χ1n) is 8.91. The molecular weight excluding hydrogens is 374 g/mol. The minimum atomic E-state index is -4.17. The second kappa shape index (κ2) is 6.27. The summed E-state index contributed by atoms with van der Waals surface area (Å²) in [6, 6.07) is 15.3. The molecule has 1 aliphatic heterocycles. The molecule has 0 radical (unpaired) electrons. The maximum atomic E-state index is 13.6. The van der Waals surface area contributed by atoms with Crippen LogP contribution in [0.15, 0.2) is 83.8 Å². The molecule has 0 bridgehead atoms. The highest BCUT2D eigenvalue weighted by Crippen LogP contribution is 2.53. The summed E-state index contributed by atoms with van der Waals surface area (Å²) < 4.78 is 28.0. The number of hydrogen-bond acceptors (Lipinski definition) is 4. The van der Waals surface area contributed by atoms with E-state index in [2.05, 4.69) is 6.58 Å². The Morgan fingerprint density at radius 1 is 1.04 bits per heavy atom. The van der Waals surface area contributed by atoms with Crippen molar-refractivity contribution in [1.29, 1.82) is 0 Å². The predicted octanol–water partition coefficient (Wildman–Crippen LogP) is 3.12. The molecule has 1 saturated heterocycles. The second-order valence-corrected chi connectivity index (χ2v) is 8.95. The van der Waals surface area contributed by atoms with Crippen LogP contribution in [0.2, 0.25) is 0 Å². The highest BCUT2D eigenvalue weighted by molar-refractivity contribution is 7.89. The van der Waals surface area contributed by atoms with Crippen LogP contribution >= 0.6 is 0 Å². The summed E-state index contributed by atoms with van der Waals surface area (Å²) >= 11 is 0. The number of aryl methyl sites for hydroxylation is 1. The number of carbonyl (C=O) groups excluding carboxylic acids is 2. The van der Waals surface area contributed by atoms with E-state index in [9.17, 15) is 18.0 Å². The van der Waals surface area contributed by atoms with Gasteiger partial charge in [0, 0.05) is 17.9 Å². The van der Waals surface area contributed by atoms with Gasteiger partial charge < -0.3 is 0 Å². The molecule has 0 unspecified atom stereocenters. The fourth-order valence-corrected chi connectivity index (χ4v) is 5.77. The summed E-state index contributed by atoms with van der Waals surface area (Å²) in [4.78, 5) is 25.3. The number of nitrogens with zero attached hydrogens (tertiary/aromatic N) is 1. The number of ketones is 1. The lowest BCUT2D eigenvalue weighted by Crippen LogP contribution is -2.49. The smallest absolute Gasteiger partial charge is 0.267 e. The molecule has 2 aromatic carbocycles. The third-order valence-electron chi connectivity index (χ3n) is 5.47. The lowest BCUT2D eigenvalue weighted by Gasteiger charge is -2.40. The Morgan fingerprint density at radius 2 is 1.68 bits per heavy atom. The van der Waals surface area contributed by atoms with Crippen LogP contribution in [0.5, 0.6) is 0 Å². The van der Waals surface area contributed by atoms with E-state index in [0.717, 1.165) is 9.87 Å². The Labute approximate surface area is 164 Å². The van der Waals surface area contributed by atoms with Gasteiger partial charge in [-0.3, -0.25) is 9.59 Å². The number of sulfonamides is 1. The highest BCUT2D eigenvalue weighted by Gasteiger charge is 2.60. The van der Waals surface area contributed by atoms with E-state index >= 15 is 0 Å². The van der Waals surface area contributed by atoms with E-state index in [-0.39, 0.29) is 22.7 Å². The minimum absolute atomic E-state index is 0.0282. The summed E-state index contributed by atoms with van der Waals surface area (Å²) in [6.45, 7) is 5.71. The Balaban J connectivity index is 2.00.